The highest BCUT2D eigenvalue weighted by atomic mass is 16.5. The summed E-state index contributed by atoms with van der Waals surface area (Å²) in [5.74, 6) is 0.363. The van der Waals surface area contributed by atoms with E-state index < -0.39 is 0 Å². The van der Waals surface area contributed by atoms with Gasteiger partial charge in [-0.1, -0.05) is 12.1 Å². The molecule has 6 nitrogen and oxygen atoms in total. The standard InChI is InChI=1S/C17H25N3O3/c1-3-23-15-7-5-4-6-14(15)19-17(22)12(2)20-10-8-13(9-11-20)16(18)21/h4-7,12-13H,3,8-11H2,1-2H3,(H2,18,21)(H,19,22)/p+1/t12-/m0/s1. The Morgan fingerprint density at radius 3 is 2.61 bits per heavy atom. The Balaban J connectivity index is 1.94. The Bertz CT molecular complexity index is 554. The van der Waals surface area contributed by atoms with E-state index in [9.17, 15) is 9.59 Å². The van der Waals surface area contributed by atoms with Crippen LogP contribution in [0.4, 0.5) is 5.69 Å². The van der Waals surface area contributed by atoms with E-state index in [4.69, 9.17) is 10.5 Å². The molecule has 0 radical (unpaired) electrons. The molecule has 23 heavy (non-hydrogen) atoms. The average Bonchev–Trinajstić information content (AvgIpc) is 2.56. The number of quaternary nitrogens is 1. The summed E-state index contributed by atoms with van der Waals surface area (Å²) >= 11 is 0. The number of para-hydroxylation sites is 2. The maximum Gasteiger partial charge on any atom is 0.282 e. The normalized spacial score (nSPS) is 22.2. The smallest absolute Gasteiger partial charge is 0.282 e. The topological polar surface area (TPSA) is 85.9 Å². The Kier molecular flexibility index (Phi) is 5.98. The van der Waals surface area contributed by atoms with Crippen molar-refractivity contribution in [2.24, 2.45) is 11.7 Å². The van der Waals surface area contributed by atoms with Crippen molar-refractivity contribution in [3.8, 4) is 5.75 Å². The van der Waals surface area contributed by atoms with Gasteiger partial charge in [-0.15, -0.1) is 0 Å². The minimum atomic E-state index is -0.230. The molecule has 1 saturated heterocycles. The minimum Gasteiger partial charge on any atom is -0.492 e. The average molecular weight is 320 g/mol. The van der Waals surface area contributed by atoms with Crippen LogP contribution in [-0.4, -0.2) is 37.6 Å². The lowest BCUT2D eigenvalue weighted by molar-refractivity contribution is -0.919. The molecule has 1 aliphatic rings. The SMILES string of the molecule is CCOc1ccccc1NC(=O)[C@H](C)[NH+]1CCC(C(N)=O)CC1. The summed E-state index contributed by atoms with van der Waals surface area (Å²) in [5, 5.41) is 2.95. The highest BCUT2D eigenvalue weighted by molar-refractivity contribution is 5.94. The molecule has 2 rings (SSSR count). The van der Waals surface area contributed by atoms with Crippen LogP contribution in [0.25, 0.3) is 0 Å². The molecule has 2 amide bonds. The van der Waals surface area contributed by atoms with Gasteiger partial charge in [-0.3, -0.25) is 9.59 Å². The molecule has 1 atom stereocenters. The molecule has 1 heterocycles. The third kappa shape index (κ3) is 4.45. The van der Waals surface area contributed by atoms with Crippen LogP contribution in [0.2, 0.25) is 0 Å². The van der Waals surface area contributed by atoms with Crippen LogP contribution in [0.15, 0.2) is 24.3 Å². The molecule has 4 N–H and O–H groups in total. The van der Waals surface area contributed by atoms with Crippen molar-refractivity contribution < 1.29 is 19.2 Å². The maximum atomic E-state index is 12.5. The Morgan fingerprint density at radius 2 is 2.00 bits per heavy atom. The summed E-state index contributed by atoms with van der Waals surface area (Å²) in [5.41, 5.74) is 6.05. The lowest BCUT2D eigenvalue weighted by atomic mass is 9.95. The first-order chi connectivity index (χ1) is 11.0. The quantitative estimate of drug-likeness (QED) is 0.699. The monoisotopic (exact) mass is 320 g/mol. The number of nitrogens with two attached hydrogens (primary N) is 1. The third-order valence-corrected chi connectivity index (χ3v) is 4.48. The van der Waals surface area contributed by atoms with E-state index in [0.717, 1.165) is 25.9 Å². The van der Waals surface area contributed by atoms with Crippen LogP contribution < -0.4 is 20.7 Å². The fourth-order valence-electron chi connectivity index (χ4n) is 2.98. The number of amides is 2. The van der Waals surface area contributed by atoms with Gasteiger partial charge in [0.1, 0.15) is 5.75 Å². The van der Waals surface area contributed by atoms with Crippen molar-refractivity contribution in [3.05, 3.63) is 24.3 Å². The number of carbonyl (C=O) groups is 2. The maximum absolute atomic E-state index is 12.5. The number of primary amides is 1. The van der Waals surface area contributed by atoms with Gasteiger partial charge in [0.05, 0.1) is 25.4 Å². The van der Waals surface area contributed by atoms with Gasteiger partial charge >= 0.3 is 0 Å². The lowest BCUT2D eigenvalue weighted by Gasteiger charge is -2.31. The van der Waals surface area contributed by atoms with Crippen molar-refractivity contribution in [1.82, 2.24) is 0 Å². The molecule has 1 aliphatic heterocycles. The van der Waals surface area contributed by atoms with Gasteiger partial charge in [-0.25, -0.2) is 0 Å². The molecule has 0 unspecified atom stereocenters. The summed E-state index contributed by atoms with van der Waals surface area (Å²) in [6.07, 6.45) is 1.50. The van der Waals surface area contributed by atoms with E-state index in [1.54, 1.807) is 0 Å². The molecule has 1 aromatic rings. The van der Waals surface area contributed by atoms with E-state index in [0.29, 0.717) is 18.0 Å². The van der Waals surface area contributed by atoms with Crippen LogP contribution in [0.1, 0.15) is 26.7 Å². The number of ether oxygens (including phenoxy) is 1. The number of nitrogens with one attached hydrogen (secondary N) is 2. The van der Waals surface area contributed by atoms with Crippen molar-refractivity contribution >= 4 is 17.5 Å². The number of rotatable bonds is 6. The predicted molar refractivity (Wildman–Crippen MR) is 88.3 cm³/mol. The summed E-state index contributed by atoms with van der Waals surface area (Å²) in [6, 6.07) is 7.25. The second kappa shape index (κ2) is 7.97. The number of benzene rings is 1. The van der Waals surface area contributed by atoms with E-state index in [1.807, 2.05) is 38.1 Å². The number of likely N-dealkylation sites (tertiary alicyclic amines) is 1. The zero-order chi connectivity index (χ0) is 16.8. The van der Waals surface area contributed by atoms with Crippen LogP contribution >= 0.6 is 0 Å². The van der Waals surface area contributed by atoms with E-state index in [2.05, 4.69) is 5.32 Å². The molecular weight excluding hydrogens is 294 g/mol. The zero-order valence-electron chi connectivity index (χ0n) is 13.8. The summed E-state index contributed by atoms with van der Waals surface area (Å²) in [6.45, 7) is 5.95. The molecule has 6 heteroatoms. The van der Waals surface area contributed by atoms with Crippen LogP contribution in [0.3, 0.4) is 0 Å². The fraction of sp³-hybridized carbons (Fsp3) is 0.529. The van der Waals surface area contributed by atoms with Crippen LogP contribution in [0.5, 0.6) is 5.75 Å². The first kappa shape index (κ1) is 17.3. The first-order valence-electron chi connectivity index (χ1n) is 8.19. The molecule has 0 bridgehead atoms. The van der Waals surface area contributed by atoms with Crippen LogP contribution in [-0.2, 0) is 9.59 Å². The Hall–Kier alpha value is -2.08. The number of hydrogen-bond donors (Lipinski definition) is 3. The Morgan fingerprint density at radius 1 is 1.35 bits per heavy atom. The van der Waals surface area contributed by atoms with Crippen LogP contribution in [0, 0.1) is 5.92 Å². The third-order valence-electron chi connectivity index (χ3n) is 4.48. The molecule has 0 aromatic heterocycles. The van der Waals surface area contributed by atoms with E-state index in [1.165, 1.54) is 4.90 Å². The first-order valence-corrected chi connectivity index (χ1v) is 8.19. The van der Waals surface area contributed by atoms with Gasteiger partial charge in [0, 0.05) is 18.8 Å². The van der Waals surface area contributed by atoms with Crippen molar-refractivity contribution in [2.75, 3.05) is 25.0 Å². The number of anilines is 1. The number of carbonyl (C=O) groups excluding carboxylic acids is 2. The fourth-order valence-corrected chi connectivity index (χ4v) is 2.98. The van der Waals surface area contributed by atoms with Gasteiger partial charge in [0.25, 0.3) is 5.91 Å². The summed E-state index contributed by atoms with van der Waals surface area (Å²) in [4.78, 5) is 24.9. The van der Waals surface area contributed by atoms with Gasteiger partial charge in [0.15, 0.2) is 6.04 Å². The van der Waals surface area contributed by atoms with Gasteiger partial charge < -0.3 is 20.7 Å². The number of piperidine rings is 1. The number of hydrogen-bond acceptors (Lipinski definition) is 3. The second-order valence-electron chi connectivity index (χ2n) is 5.98. The molecular formula is C17H26N3O3+. The van der Waals surface area contributed by atoms with E-state index >= 15 is 0 Å². The largest absolute Gasteiger partial charge is 0.492 e. The highest BCUT2D eigenvalue weighted by Gasteiger charge is 2.32. The zero-order valence-corrected chi connectivity index (χ0v) is 13.8. The summed E-state index contributed by atoms with van der Waals surface area (Å²) in [7, 11) is 0. The van der Waals surface area contributed by atoms with Gasteiger partial charge in [-0.2, -0.15) is 0 Å². The molecule has 1 fully saturated rings. The van der Waals surface area contributed by atoms with Gasteiger partial charge in [-0.05, 0) is 26.0 Å². The highest BCUT2D eigenvalue weighted by Crippen LogP contribution is 2.23. The molecule has 0 spiro atoms. The van der Waals surface area contributed by atoms with Crippen molar-refractivity contribution in [1.29, 1.82) is 0 Å². The lowest BCUT2D eigenvalue weighted by Crippen LogP contribution is -3.17. The van der Waals surface area contributed by atoms with Crippen molar-refractivity contribution in [2.45, 2.75) is 32.7 Å². The molecule has 0 aliphatic carbocycles. The Labute approximate surface area is 137 Å². The van der Waals surface area contributed by atoms with Crippen molar-refractivity contribution in [3.63, 3.8) is 0 Å². The molecule has 1 aromatic carbocycles. The minimum absolute atomic E-state index is 0.0373. The van der Waals surface area contributed by atoms with E-state index in [-0.39, 0.29) is 23.8 Å². The predicted octanol–water partition coefficient (Wildman–Crippen LogP) is 0.193. The molecule has 0 saturated carbocycles. The van der Waals surface area contributed by atoms with Gasteiger partial charge in [0.2, 0.25) is 5.91 Å². The molecule has 126 valence electrons. The second-order valence-corrected chi connectivity index (χ2v) is 5.98. The summed E-state index contributed by atoms with van der Waals surface area (Å²) < 4.78 is 5.53.